The van der Waals surface area contributed by atoms with Gasteiger partial charge in [-0.3, -0.25) is 0 Å². The molecule has 0 atom stereocenters. The SMILES string of the molecule is C=CC(=O)OCCSP(=S)(Sc1ccccc1)Sc1ccccc1. The maximum Gasteiger partial charge on any atom is 0.330 e. The van der Waals surface area contributed by atoms with E-state index >= 15 is 0 Å². The van der Waals surface area contributed by atoms with Crippen LogP contribution in [0.2, 0.25) is 0 Å². The number of hydrogen-bond donors (Lipinski definition) is 0. The highest BCUT2D eigenvalue weighted by molar-refractivity contribution is 9.23. The molecule has 0 amide bonds. The summed E-state index contributed by atoms with van der Waals surface area (Å²) >= 11 is 11.2. The monoisotopic (exact) mass is 412 g/mol. The first-order valence-corrected chi connectivity index (χ1v) is 14.4. The Morgan fingerprint density at radius 3 is 2.00 bits per heavy atom. The average Bonchev–Trinajstić information content (AvgIpc) is 2.60. The van der Waals surface area contributed by atoms with Crippen molar-refractivity contribution in [2.75, 3.05) is 12.4 Å². The van der Waals surface area contributed by atoms with Gasteiger partial charge >= 0.3 is 5.97 Å². The molecular formula is C17H17O2PS4. The molecule has 0 aliphatic rings. The highest BCUT2D eigenvalue weighted by Crippen LogP contribution is 2.81. The highest BCUT2D eigenvalue weighted by atomic mass is 33.5. The van der Waals surface area contributed by atoms with Gasteiger partial charge in [0, 0.05) is 21.6 Å². The number of benzene rings is 2. The lowest BCUT2D eigenvalue weighted by molar-refractivity contribution is -0.137. The largest absolute Gasteiger partial charge is 0.462 e. The predicted molar refractivity (Wildman–Crippen MR) is 112 cm³/mol. The predicted octanol–water partition coefficient (Wildman–Crippen LogP) is 6.26. The van der Waals surface area contributed by atoms with E-state index in [2.05, 4.69) is 30.8 Å². The molecule has 2 aromatic carbocycles. The summed E-state index contributed by atoms with van der Waals surface area (Å²) in [6, 6.07) is 20.4. The van der Waals surface area contributed by atoms with Gasteiger partial charge in [-0.05, 0) is 24.3 Å². The van der Waals surface area contributed by atoms with Crippen LogP contribution in [0.15, 0.2) is 83.1 Å². The molecule has 24 heavy (non-hydrogen) atoms. The van der Waals surface area contributed by atoms with E-state index in [9.17, 15) is 4.79 Å². The molecule has 0 radical (unpaired) electrons. The molecule has 0 saturated heterocycles. The van der Waals surface area contributed by atoms with Crippen molar-refractivity contribution in [3.63, 3.8) is 0 Å². The zero-order valence-electron chi connectivity index (χ0n) is 12.9. The number of carbonyl (C=O) groups excluding carboxylic acids is 1. The molecule has 0 aliphatic carbocycles. The van der Waals surface area contributed by atoms with E-state index in [-0.39, 0.29) is 0 Å². The van der Waals surface area contributed by atoms with Gasteiger partial charge in [0.15, 0.2) is 0 Å². The summed E-state index contributed by atoms with van der Waals surface area (Å²) in [5, 5.41) is 0. The van der Waals surface area contributed by atoms with E-state index in [0.29, 0.717) is 12.4 Å². The number of hydrogen-bond acceptors (Lipinski definition) is 6. The Balaban J connectivity index is 2.04. The molecule has 0 aromatic heterocycles. The molecule has 0 fully saturated rings. The fraction of sp³-hybridized carbons (Fsp3) is 0.118. The fourth-order valence-electron chi connectivity index (χ4n) is 1.64. The standard InChI is InChI=1S/C17H17O2PS4/c1-2-17(18)19-13-14-22-20(21,23-15-9-5-3-6-10-15)24-16-11-7-4-8-12-16/h2-12H,1,13-14H2. The Hall–Kier alpha value is -0.650. The topological polar surface area (TPSA) is 26.3 Å². The normalized spacial score (nSPS) is 11.0. The van der Waals surface area contributed by atoms with Crippen LogP contribution in [-0.4, -0.2) is 18.3 Å². The van der Waals surface area contributed by atoms with Crippen molar-refractivity contribution in [2.45, 2.75) is 9.79 Å². The van der Waals surface area contributed by atoms with E-state index in [1.807, 2.05) is 36.4 Å². The third-order valence-corrected chi connectivity index (χ3v) is 15.7. The Bertz CT molecular complexity index is 662. The Kier molecular flexibility index (Phi) is 8.50. The summed E-state index contributed by atoms with van der Waals surface area (Å²) in [7, 11) is 0. The van der Waals surface area contributed by atoms with Crippen LogP contribution >= 0.6 is 37.8 Å². The van der Waals surface area contributed by atoms with Crippen LogP contribution in [-0.2, 0) is 21.3 Å². The van der Waals surface area contributed by atoms with Gasteiger partial charge in [-0.2, -0.15) is 0 Å². The first kappa shape index (κ1) is 19.7. The number of carbonyl (C=O) groups is 1. The van der Waals surface area contributed by atoms with Crippen molar-refractivity contribution < 1.29 is 9.53 Å². The Labute approximate surface area is 160 Å². The summed E-state index contributed by atoms with van der Waals surface area (Å²) in [5.41, 5.74) is 0. The van der Waals surface area contributed by atoms with Crippen LogP contribution in [0.25, 0.3) is 0 Å². The summed E-state index contributed by atoms with van der Waals surface area (Å²) < 4.78 is 3.20. The van der Waals surface area contributed by atoms with E-state index < -0.39 is 9.61 Å². The first-order chi connectivity index (χ1) is 11.6. The van der Waals surface area contributed by atoms with Crippen LogP contribution in [0, 0.1) is 0 Å². The van der Waals surface area contributed by atoms with E-state index in [1.54, 1.807) is 34.1 Å². The molecule has 0 bridgehead atoms. The summed E-state index contributed by atoms with van der Waals surface area (Å²) in [6.07, 6.45) is 1.18. The van der Waals surface area contributed by atoms with E-state index in [1.165, 1.54) is 15.9 Å². The van der Waals surface area contributed by atoms with Crippen molar-refractivity contribution >= 4 is 55.6 Å². The molecule has 0 saturated carbocycles. The molecule has 7 heteroatoms. The minimum atomic E-state index is -1.87. The molecule has 0 N–H and O–H groups in total. The zero-order valence-corrected chi connectivity index (χ0v) is 17.0. The van der Waals surface area contributed by atoms with Gasteiger partial charge in [0.25, 0.3) is 0 Å². The maximum atomic E-state index is 11.1. The van der Waals surface area contributed by atoms with Crippen LogP contribution in [0.4, 0.5) is 0 Å². The van der Waals surface area contributed by atoms with Crippen LogP contribution in [0.1, 0.15) is 0 Å². The minimum Gasteiger partial charge on any atom is -0.462 e. The summed E-state index contributed by atoms with van der Waals surface area (Å²) in [5.74, 6) is 0.284. The van der Waals surface area contributed by atoms with E-state index in [0.717, 1.165) is 0 Å². The second kappa shape index (κ2) is 10.4. The van der Waals surface area contributed by atoms with Gasteiger partial charge in [0.1, 0.15) is 10.3 Å². The van der Waals surface area contributed by atoms with Crippen molar-refractivity contribution in [3.8, 4) is 0 Å². The van der Waals surface area contributed by atoms with Crippen molar-refractivity contribution in [1.29, 1.82) is 0 Å². The van der Waals surface area contributed by atoms with Crippen molar-refractivity contribution in [2.24, 2.45) is 0 Å². The third-order valence-electron chi connectivity index (χ3n) is 2.66. The smallest absolute Gasteiger partial charge is 0.330 e. The average molecular weight is 413 g/mol. The van der Waals surface area contributed by atoms with Gasteiger partial charge in [0.2, 0.25) is 0 Å². The lowest BCUT2D eigenvalue weighted by Crippen LogP contribution is -2.03. The molecule has 2 nitrogen and oxygen atoms in total. The summed E-state index contributed by atoms with van der Waals surface area (Å²) in [6.45, 7) is 3.74. The van der Waals surface area contributed by atoms with Crippen molar-refractivity contribution in [3.05, 3.63) is 73.3 Å². The molecular weight excluding hydrogens is 395 g/mol. The Morgan fingerprint density at radius 1 is 1.04 bits per heavy atom. The number of esters is 1. The molecule has 126 valence electrons. The van der Waals surface area contributed by atoms with Gasteiger partial charge in [-0.1, -0.05) is 77.5 Å². The summed E-state index contributed by atoms with van der Waals surface area (Å²) in [4.78, 5) is 13.5. The fourth-order valence-corrected chi connectivity index (χ4v) is 14.8. The zero-order chi connectivity index (χ0) is 17.3. The third kappa shape index (κ3) is 7.08. The van der Waals surface area contributed by atoms with Gasteiger partial charge < -0.3 is 4.74 Å². The Morgan fingerprint density at radius 2 is 1.54 bits per heavy atom. The number of rotatable bonds is 9. The molecule has 0 spiro atoms. The number of ether oxygens (including phenoxy) is 1. The quantitative estimate of drug-likeness (QED) is 0.209. The molecule has 2 aromatic rings. The second-order valence-corrected chi connectivity index (χ2v) is 19.9. The lowest BCUT2D eigenvalue weighted by Gasteiger charge is -2.20. The highest BCUT2D eigenvalue weighted by Gasteiger charge is 2.21. The van der Waals surface area contributed by atoms with E-state index in [4.69, 9.17) is 16.5 Å². The second-order valence-electron chi connectivity index (χ2n) is 4.46. The first-order valence-electron chi connectivity index (χ1n) is 7.14. The minimum absolute atomic E-state index is 0.346. The molecule has 0 unspecified atom stereocenters. The van der Waals surface area contributed by atoms with Crippen LogP contribution in [0.3, 0.4) is 0 Å². The van der Waals surface area contributed by atoms with Gasteiger partial charge in [0.05, 0.1) is 0 Å². The van der Waals surface area contributed by atoms with Gasteiger partial charge in [-0.15, -0.1) is 11.4 Å². The van der Waals surface area contributed by atoms with Crippen molar-refractivity contribution in [1.82, 2.24) is 0 Å². The van der Waals surface area contributed by atoms with Gasteiger partial charge in [-0.25, -0.2) is 4.79 Å². The molecule has 0 heterocycles. The molecule has 0 aliphatic heterocycles. The lowest BCUT2D eigenvalue weighted by atomic mass is 10.4. The maximum absolute atomic E-state index is 11.1. The molecule has 2 rings (SSSR count). The van der Waals surface area contributed by atoms with Crippen LogP contribution in [0.5, 0.6) is 0 Å². The van der Waals surface area contributed by atoms with Crippen LogP contribution < -0.4 is 0 Å².